The molecule has 0 aromatic carbocycles. The third kappa shape index (κ3) is 9.01. The van der Waals surface area contributed by atoms with Crippen LogP contribution in [0.3, 0.4) is 0 Å². The van der Waals surface area contributed by atoms with Crippen molar-refractivity contribution in [3.05, 3.63) is 12.8 Å². The second-order valence-corrected chi connectivity index (χ2v) is 2.24. The van der Waals surface area contributed by atoms with Crippen molar-refractivity contribution in [2.45, 2.75) is 25.7 Å². The Balaban J connectivity index is 2.90. The van der Waals surface area contributed by atoms with E-state index in [1.807, 2.05) is 0 Å². The normalized spacial score (nSPS) is 9.09. The molecule has 11 heavy (non-hydrogen) atoms. The number of hydrogen-bond acceptors (Lipinski definition) is 2. The average Bonchev–Trinajstić information content (AvgIpc) is 1.96. The quantitative estimate of drug-likeness (QED) is 0.454. The second kappa shape index (κ2) is 7.12. The molecule has 0 aromatic heterocycles. The summed E-state index contributed by atoms with van der Waals surface area (Å²) in [6, 6.07) is 0. The summed E-state index contributed by atoms with van der Waals surface area (Å²) in [4.78, 5) is 10.0. The van der Waals surface area contributed by atoms with Crippen molar-refractivity contribution in [1.29, 1.82) is 0 Å². The molecule has 0 spiro atoms. The van der Waals surface area contributed by atoms with Gasteiger partial charge < -0.3 is 9.84 Å². The topological polar surface area (TPSA) is 46.5 Å². The standard InChI is InChI=1S/C8H14O3/c1-2-11-7-5-3-4-6-8(9)10/h2H,1,3-7H2,(H,9,10). The summed E-state index contributed by atoms with van der Waals surface area (Å²) >= 11 is 0. The van der Waals surface area contributed by atoms with E-state index in [0.717, 1.165) is 19.3 Å². The smallest absolute Gasteiger partial charge is 0.303 e. The van der Waals surface area contributed by atoms with Crippen LogP contribution >= 0.6 is 0 Å². The van der Waals surface area contributed by atoms with Gasteiger partial charge in [0, 0.05) is 6.42 Å². The van der Waals surface area contributed by atoms with Crippen LogP contribution in [0.15, 0.2) is 12.8 Å². The summed E-state index contributed by atoms with van der Waals surface area (Å²) in [5.41, 5.74) is 0. The first-order chi connectivity index (χ1) is 5.27. The van der Waals surface area contributed by atoms with Gasteiger partial charge in [-0.05, 0) is 19.3 Å². The van der Waals surface area contributed by atoms with E-state index in [9.17, 15) is 4.79 Å². The number of ether oxygens (including phenoxy) is 1. The third-order valence-electron chi connectivity index (χ3n) is 1.27. The average molecular weight is 158 g/mol. The zero-order chi connectivity index (χ0) is 8.53. The van der Waals surface area contributed by atoms with Crippen molar-refractivity contribution in [2.75, 3.05) is 6.61 Å². The Morgan fingerprint density at radius 1 is 1.45 bits per heavy atom. The van der Waals surface area contributed by atoms with Crippen molar-refractivity contribution >= 4 is 5.97 Å². The van der Waals surface area contributed by atoms with E-state index in [2.05, 4.69) is 6.58 Å². The van der Waals surface area contributed by atoms with Crippen LogP contribution in [0.25, 0.3) is 0 Å². The van der Waals surface area contributed by atoms with Gasteiger partial charge in [0.05, 0.1) is 12.9 Å². The Kier molecular flexibility index (Phi) is 6.48. The molecule has 0 radical (unpaired) electrons. The first-order valence-corrected chi connectivity index (χ1v) is 3.71. The molecule has 0 aromatic rings. The molecule has 0 saturated carbocycles. The molecule has 0 aliphatic carbocycles. The molecule has 0 amide bonds. The van der Waals surface area contributed by atoms with E-state index < -0.39 is 5.97 Å². The third-order valence-corrected chi connectivity index (χ3v) is 1.27. The maximum Gasteiger partial charge on any atom is 0.303 e. The Labute approximate surface area is 66.7 Å². The summed E-state index contributed by atoms with van der Waals surface area (Å²) in [5, 5.41) is 8.27. The maximum atomic E-state index is 10.0. The molecule has 0 bridgehead atoms. The highest BCUT2D eigenvalue weighted by Crippen LogP contribution is 1.99. The Morgan fingerprint density at radius 3 is 2.73 bits per heavy atom. The predicted molar refractivity (Wildman–Crippen MR) is 42.3 cm³/mol. The molecule has 3 nitrogen and oxygen atoms in total. The molecule has 0 heterocycles. The monoisotopic (exact) mass is 158 g/mol. The molecule has 1 N–H and O–H groups in total. The highest BCUT2D eigenvalue weighted by molar-refractivity contribution is 5.66. The largest absolute Gasteiger partial charge is 0.502 e. The van der Waals surface area contributed by atoms with E-state index in [1.165, 1.54) is 6.26 Å². The number of rotatable bonds is 7. The van der Waals surface area contributed by atoms with Crippen LogP contribution in [0.4, 0.5) is 0 Å². The lowest BCUT2D eigenvalue weighted by Gasteiger charge is -1.98. The molecule has 0 aliphatic heterocycles. The Morgan fingerprint density at radius 2 is 2.18 bits per heavy atom. The Bertz CT molecular complexity index is 121. The fraction of sp³-hybridized carbons (Fsp3) is 0.625. The first-order valence-electron chi connectivity index (χ1n) is 3.71. The van der Waals surface area contributed by atoms with Crippen molar-refractivity contribution in [3.63, 3.8) is 0 Å². The molecular formula is C8H14O3. The lowest BCUT2D eigenvalue weighted by molar-refractivity contribution is -0.137. The minimum absolute atomic E-state index is 0.258. The summed E-state index contributed by atoms with van der Waals surface area (Å²) in [5.74, 6) is -0.727. The number of carboxylic acids is 1. The van der Waals surface area contributed by atoms with Gasteiger partial charge in [0.25, 0.3) is 0 Å². The van der Waals surface area contributed by atoms with Gasteiger partial charge in [0.2, 0.25) is 0 Å². The highest BCUT2D eigenvalue weighted by atomic mass is 16.5. The molecule has 0 rings (SSSR count). The minimum atomic E-state index is -0.727. The van der Waals surface area contributed by atoms with Gasteiger partial charge in [-0.25, -0.2) is 0 Å². The number of carboxylic acid groups (broad SMARTS) is 1. The SMILES string of the molecule is C=COCCCCCC(=O)O. The van der Waals surface area contributed by atoms with Crippen LogP contribution in [-0.4, -0.2) is 17.7 Å². The van der Waals surface area contributed by atoms with Crippen molar-refractivity contribution < 1.29 is 14.6 Å². The molecule has 0 unspecified atom stereocenters. The van der Waals surface area contributed by atoms with Crippen LogP contribution in [0.2, 0.25) is 0 Å². The van der Waals surface area contributed by atoms with Gasteiger partial charge in [-0.1, -0.05) is 6.58 Å². The van der Waals surface area contributed by atoms with E-state index in [1.54, 1.807) is 0 Å². The summed E-state index contributed by atoms with van der Waals surface area (Å²) in [6.07, 6.45) is 4.20. The highest BCUT2D eigenvalue weighted by Gasteiger charge is 1.95. The van der Waals surface area contributed by atoms with Crippen molar-refractivity contribution in [2.24, 2.45) is 0 Å². The van der Waals surface area contributed by atoms with Gasteiger partial charge >= 0.3 is 5.97 Å². The number of aliphatic carboxylic acids is 1. The molecule has 0 saturated heterocycles. The molecule has 0 aliphatic rings. The zero-order valence-corrected chi connectivity index (χ0v) is 6.58. The van der Waals surface area contributed by atoms with Crippen molar-refractivity contribution in [3.8, 4) is 0 Å². The van der Waals surface area contributed by atoms with E-state index >= 15 is 0 Å². The van der Waals surface area contributed by atoms with Crippen LogP contribution in [-0.2, 0) is 9.53 Å². The zero-order valence-electron chi connectivity index (χ0n) is 6.58. The molecule has 64 valence electrons. The fourth-order valence-electron chi connectivity index (χ4n) is 0.722. The lowest BCUT2D eigenvalue weighted by Crippen LogP contribution is -1.94. The number of hydrogen-bond donors (Lipinski definition) is 1. The molecular weight excluding hydrogens is 144 g/mol. The van der Waals surface area contributed by atoms with Gasteiger partial charge in [-0.15, -0.1) is 0 Å². The van der Waals surface area contributed by atoms with Crippen LogP contribution < -0.4 is 0 Å². The van der Waals surface area contributed by atoms with E-state index in [4.69, 9.17) is 9.84 Å². The van der Waals surface area contributed by atoms with Crippen LogP contribution in [0.5, 0.6) is 0 Å². The lowest BCUT2D eigenvalue weighted by atomic mass is 10.2. The van der Waals surface area contributed by atoms with Gasteiger partial charge in [0.15, 0.2) is 0 Å². The van der Waals surface area contributed by atoms with Crippen LogP contribution in [0, 0.1) is 0 Å². The van der Waals surface area contributed by atoms with Gasteiger partial charge in [-0.3, -0.25) is 4.79 Å². The summed E-state index contributed by atoms with van der Waals surface area (Å²) in [6.45, 7) is 4.03. The fourth-order valence-corrected chi connectivity index (χ4v) is 0.722. The summed E-state index contributed by atoms with van der Waals surface area (Å²) < 4.78 is 4.86. The van der Waals surface area contributed by atoms with Gasteiger partial charge in [-0.2, -0.15) is 0 Å². The number of unbranched alkanes of at least 4 members (excludes halogenated alkanes) is 2. The van der Waals surface area contributed by atoms with Crippen molar-refractivity contribution in [1.82, 2.24) is 0 Å². The molecule has 0 fully saturated rings. The van der Waals surface area contributed by atoms with Gasteiger partial charge in [0.1, 0.15) is 0 Å². The second-order valence-electron chi connectivity index (χ2n) is 2.24. The number of carbonyl (C=O) groups is 1. The Hall–Kier alpha value is -0.990. The summed E-state index contributed by atoms with van der Waals surface area (Å²) in [7, 11) is 0. The molecule has 3 heteroatoms. The first kappa shape index (κ1) is 10.0. The molecule has 0 atom stereocenters. The minimum Gasteiger partial charge on any atom is -0.502 e. The van der Waals surface area contributed by atoms with E-state index in [0.29, 0.717) is 6.61 Å². The van der Waals surface area contributed by atoms with Crippen LogP contribution in [0.1, 0.15) is 25.7 Å². The van der Waals surface area contributed by atoms with E-state index in [-0.39, 0.29) is 6.42 Å². The predicted octanol–water partition coefficient (Wildman–Crippen LogP) is 1.79. The maximum absolute atomic E-state index is 10.0.